The van der Waals surface area contributed by atoms with E-state index < -0.39 is 29.6 Å². The Bertz CT molecular complexity index is 541. The second kappa shape index (κ2) is 6.48. The molecule has 0 amide bonds. The molecule has 4 unspecified atom stereocenters. The van der Waals surface area contributed by atoms with E-state index in [9.17, 15) is 19.8 Å². The molecular formula is C17H22O5. The summed E-state index contributed by atoms with van der Waals surface area (Å²) in [5, 5.41) is 19.4. The molecule has 22 heavy (non-hydrogen) atoms. The molecule has 1 fully saturated rings. The number of esters is 1. The van der Waals surface area contributed by atoms with Gasteiger partial charge in [-0.3, -0.25) is 4.79 Å². The van der Waals surface area contributed by atoms with E-state index in [1.165, 1.54) is 0 Å². The minimum atomic E-state index is -1.34. The highest BCUT2D eigenvalue weighted by molar-refractivity contribution is 5.77. The first-order valence-corrected chi connectivity index (χ1v) is 7.49. The minimum absolute atomic E-state index is 0.154. The van der Waals surface area contributed by atoms with Gasteiger partial charge in [0.05, 0.1) is 5.41 Å². The van der Waals surface area contributed by atoms with Crippen molar-refractivity contribution in [1.82, 2.24) is 0 Å². The van der Waals surface area contributed by atoms with Gasteiger partial charge in [-0.2, -0.15) is 0 Å². The molecule has 2 rings (SSSR count). The van der Waals surface area contributed by atoms with Crippen LogP contribution in [0, 0.1) is 11.3 Å². The third-order valence-electron chi connectivity index (χ3n) is 4.28. The SMILES string of the molecule is CC1CC(OC(=O)C(O)c2ccccc2)CC(C)(C(=O)O)C1. The third-order valence-corrected chi connectivity index (χ3v) is 4.28. The van der Waals surface area contributed by atoms with Gasteiger partial charge in [0.1, 0.15) is 6.10 Å². The number of rotatable bonds is 4. The van der Waals surface area contributed by atoms with Crippen molar-refractivity contribution in [3.63, 3.8) is 0 Å². The maximum absolute atomic E-state index is 12.1. The number of carbonyl (C=O) groups is 2. The lowest BCUT2D eigenvalue weighted by Crippen LogP contribution is -2.41. The molecule has 120 valence electrons. The van der Waals surface area contributed by atoms with Crippen LogP contribution in [0.15, 0.2) is 30.3 Å². The van der Waals surface area contributed by atoms with E-state index in [0.717, 1.165) is 0 Å². The van der Waals surface area contributed by atoms with Gasteiger partial charge in [-0.25, -0.2) is 4.79 Å². The maximum Gasteiger partial charge on any atom is 0.339 e. The Hall–Kier alpha value is -1.88. The number of hydrogen-bond acceptors (Lipinski definition) is 4. The fourth-order valence-electron chi connectivity index (χ4n) is 3.23. The van der Waals surface area contributed by atoms with Crippen molar-refractivity contribution in [2.45, 2.75) is 45.3 Å². The predicted molar refractivity (Wildman–Crippen MR) is 80.0 cm³/mol. The van der Waals surface area contributed by atoms with Gasteiger partial charge in [0.15, 0.2) is 6.10 Å². The van der Waals surface area contributed by atoms with Crippen LogP contribution < -0.4 is 0 Å². The summed E-state index contributed by atoms with van der Waals surface area (Å²) >= 11 is 0. The highest BCUT2D eigenvalue weighted by atomic mass is 16.6. The Morgan fingerprint density at radius 2 is 1.91 bits per heavy atom. The van der Waals surface area contributed by atoms with Gasteiger partial charge in [-0.05, 0) is 31.2 Å². The lowest BCUT2D eigenvalue weighted by Gasteiger charge is -2.38. The van der Waals surface area contributed by atoms with E-state index in [4.69, 9.17) is 4.74 Å². The van der Waals surface area contributed by atoms with Gasteiger partial charge in [-0.15, -0.1) is 0 Å². The van der Waals surface area contributed by atoms with Crippen molar-refractivity contribution < 1.29 is 24.5 Å². The smallest absolute Gasteiger partial charge is 0.339 e. The van der Waals surface area contributed by atoms with E-state index in [2.05, 4.69) is 0 Å². The number of carbonyl (C=O) groups excluding carboxylic acids is 1. The topological polar surface area (TPSA) is 83.8 Å². The Balaban J connectivity index is 2.03. The normalized spacial score (nSPS) is 29.6. The Morgan fingerprint density at radius 1 is 1.27 bits per heavy atom. The summed E-state index contributed by atoms with van der Waals surface area (Å²) in [7, 11) is 0. The number of ether oxygens (including phenoxy) is 1. The summed E-state index contributed by atoms with van der Waals surface area (Å²) in [6.07, 6.45) is -0.349. The summed E-state index contributed by atoms with van der Waals surface area (Å²) < 4.78 is 5.37. The first-order chi connectivity index (χ1) is 10.3. The van der Waals surface area contributed by atoms with E-state index >= 15 is 0 Å². The van der Waals surface area contributed by atoms with Crippen molar-refractivity contribution in [2.24, 2.45) is 11.3 Å². The van der Waals surface area contributed by atoms with Crippen molar-refractivity contribution in [3.8, 4) is 0 Å². The monoisotopic (exact) mass is 306 g/mol. The van der Waals surface area contributed by atoms with E-state index in [1.807, 2.05) is 6.92 Å². The summed E-state index contributed by atoms with van der Waals surface area (Å²) in [5.41, 5.74) is -0.419. The van der Waals surface area contributed by atoms with Crippen molar-refractivity contribution in [2.75, 3.05) is 0 Å². The predicted octanol–water partition coefficient (Wildman–Crippen LogP) is 2.54. The Morgan fingerprint density at radius 3 is 2.50 bits per heavy atom. The van der Waals surface area contributed by atoms with Gasteiger partial charge < -0.3 is 14.9 Å². The zero-order valence-electron chi connectivity index (χ0n) is 12.9. The molecule has 1 aliphatic carbocycles. The molecule has 1 aliphatic rings. The fraction of sp³-hybridized carbons (Fsp3) is 0.529. The van der Waals surface area contributed by atoms with Crippen molar-refractivity contribution in [3.05, 3.63) is 35.9 Å². The highest BCUT2D eigenvalue weighted by Gasteiger charge is 2.43. The number of benzene rings is 1. The van der Waals surface area contributed by atoms with Crippen LogP contribution in [0.4, 0.5) is 0 Å². The molecule has 5 heteroatoms. The average Bonchev–Trinajstić information content (AvgIpc) is 2.46. The Labute approximate surface area is 129 Å². The van der Waals surface area contributed by atoms with Crippen LogP contribution in [0.1, 0.15) is 44.8 Å². The first-order valence-electron chi connectivity index (χ1n) is 7.49. The molecule has 0 saturated heterocycles. The average molecular weight is 306 g/mol. The largest absolute Gasteiger partial charge is 0.481 e. The molecule has 0 bridgehead atoms. The molecule has 0 aliphatic heterocycles. The van der Waals surface area contributed by atoms with Crippen LogP contribution in [-0.4, -0.2) is 28.3 Å². The number of aliphatic hydroxyl groups excluding tert-OH is 1. The molecule has 2 N–H and O–H groups in total. The first kappa shape index (κ1) is 16.5. The zero-order valence-corrected chi connectivity index (χ0v) is 12.9. The van der Waals surface area contributed by atoms with Crippen LogP contribution in [0.3, 0.4) is 0 Å². The quantitative estimate of drug-likeness (QED) is 0.835. The van der Waals surface area contributed by atoms with Crippen LogP contribution in [0.5, 0.6) is 0 Å². The number of aliphatic hydroxyl groups is 1. The van der Waals surface area contributed by atoms with Gasteiger partial charge in [0, 0.05) is 6.42 Å². The van der Waals surface area contributed by atoms with E-state index in [-0.39, 0.29) is 12.3 Å². The standard InChI is InChI=1S/C17H22O5/c1-11-8-13(10-17(2,9-11)16(20)21)22-15(19)14(18)12-6-4-3-5-7-12/h3-7,11,13-14,18H,8-10H2,1-2H3,(H,20,21). The molecule has 0 heterocycles. The fourth-order valence-corrected chi connectivity index (χ4v) is 3.23. The molecule has 0 radical (unpaired) electrons. The van der Waals surface area contributed by atoms with Crippen LogP contribution >= 0.6 is 0 Å². The maximum atomic E-state index is 12.1. The molecule has 1 aromatic carbocycles. The summed E-state index contributed by atoms with van der Waals surface area (Å²) in [4.78, 5) is 23.5. The molecular weight excluding hydrogens is 284 g/mol. The minimum Gasteiger partial charge on any atom is -0.481 e. The highest BCUT2D eigenvalue weighted by Crippen LogP contribution is 2.40. The molecule has 0 spiro atoms. The van der Waals surface area contributed by atoms with Crippen molar-refractivity contribution >= 4 is 11.9 Å². The number of carboxylic acids is 1. The third kappa shape index (κ3) is 3.65. The van der Waals surface area contributed by atoms with Gasteiger partial charge in [0.25, 0.3) is 0 Å². The summed E-state index contributed by atoms with van der Waals surface area (Å²) in [6.45, 7) is 3.63. The van der Waals surface area contributed by atoms with Gasteiger partial charge >= 0.3 is 11.9 Å². The van der Waals surface area contributed by atoms with E-state index in [0.29, 0.717) is 18.4 Å². The molecule has 4 atom stereocenters. The second-order valence-electron chi connectivity index (χ2n) is 6.49. The van der Waals surface area contributed by atoms with Gasteiger partial charge in [0.2, 0.25) is 0 Å². The molecule has 1 aromatic rings. The second-order valence-corrected chi connectivity index (χ2v) is 6.49. The summed E-state index contributed by atoms with van der Waals surface area (Å²) in [5.74, 6) is -1.44. The van der Waals surface area contributed by atoms with Crippen LogP contribution in [0.2, 0.25) is 0 Å². The van der Waals surface area contributed by atoms with E-state index in [1.54, 1.807) is 37.3 Å². The Kier molecular flexibility index (Phi) is 4.86. The molecule has 5 nitrogen and oxygen atoms in total. The lowest BCUT2D eigenvalue weighted by molar-refractivity contribution is -0.169. The molecule has 0 aromatic heterocycles. The molecule has 1 saturated carbocycles. The zero-order chi connectivity index (χ0) is 16.3. The lowest BCUT2D eigenvalue weighted by atomic mass is 9.70. The van der Waals surface area contributed by atoms with Crippen LogP contribution in [0.25, 0.3) is 0 Å². The van der Waals surface area contributed by atoms with Crippen molar-refractivity contribution in [1.29, 1.82) is 0 Å². The summed E-state index contributed by atoms with van der Waals surface area (Å²) in [6, 6.07) is 8.56. The number of carboxylic acid groups (broad SMARTS) is 1. The van der Waals surface area contributed by atoms with Gasteiger partial charge in [-0.1, -0.05) is 37.3 Å². The van der Waals surface area contributed by atoms with Crippen LogP contribution in [-0.2, 0) is 14.3 Å². The number of aliphatic carboxylic acids is 1. The number of hydrogen-bond donors (Lipinski definition) is 2.